The third-order valence-electron chi connectivity index (χ3n) is 2.70. The van der Waals surface area contributed by atoms with Crippen molar-refractivity contribution in [3.8, 4) is 0 Å². The summed E-state index contributed by atoms with van der Waals surface area (Å²) in [6, 6.07) is 5.76. The molecule has 4 heteroatoms. The summed E-state index contributed by atoms with van der Waals surface area (Å²) in [5.41, 5.74) is 0.753. The minimum Gasteiger partial charge on any atom is -0.469 e. The monoisotopic (exact) mass is 253 g/mol. The van der Waals surface area contributed by atoms with Crippen LogP contribution in [0.5, 0.6) is 0 Å². The number of esters is 1. The molecule has 0 bridgehead atoms. The van der Waals surface area contributed by atoms with E-state index in [0.29, 0.717) is 0 Å². The van der Waals surface area contributed by atoms with Gasteiger partial charge < -0.3 is 10.1 Å². The number of ether oxygens (including phenoxy) is 1. The molecule has 1 aromatic rings. The van der Waals surface area contributed by atoms with E-state index < -0.39 is 0 Å². The van der Waals surface area contributed by atoms with Gasteiger partial charge in [0.05, 0.1) is 13.5 Å². The molecule has 2 rings (SSSR count). The molecule has 3 nitrogen and oxygen atoms in total. The molecule has 1 N–H and O–H groups in total. The van der Waals surface area contributed by atoms with Crippen molar-refractivity contribution in [2.75, 3.05) is 20.2 Å². The predicted molar refractivity (Wildman–Crippen MR) is 68.8 cm³/mol. The second-order valence-electron chi connectivity index (χ2n) is 4.19. The Balaban J connectivity index is 0.000000225. The van der Waals surface area contributed by atoms with Crippen LogP contribution in [0.3, 0.4) is 0 Å². The summed E-state index contributed by atoms with van der Waals surface area (Å²) in [7, 11) is 1.33. The van der Waals surface area contributed by atoms with Crippen molar-refractivity contribution in [3.05, 3.63) is 35.6 Å². The van der Waals surface area contributed by atoms with Gasteiger partial charge in [0.15, 0.2) is 0 Å². The van der Waals surface area contributed by atoms with Gasteiger partial charge in [0, 0.05) is 0 Å². The molecule has 1 aliphatic rings. The maximum absolute atomic E-state index is 12.4. The van der Waals surface area contributed by atoms with Crippen LogP contribution in [0.1, 0.15) is 24.8 Å². The first-order valence-electron chi connectivity index (χ1n) is 6.24. The molecule has 0 amide bonds. The van der Waals surface area contributed by atoms with E-state index in [0.717, 1.165) is 5.56 Å². The molecule has 0 spiro atoms. The third kappa shape index (κ3) is 6.35. The average molecular weight is 253 g/mol. The summed E-state index contributed by atoms with van der Waals surface area (Å²) in [5.74, 6) is -0.620. The van der Waals surface area contributed by atoms with Gasteiger partial charge in [0.1, 0.15) is 5.82 Å². The molecule has 0 aromatic heterocycles. The first kappa shape index (κ1) is 14.6. The van der Waals surface area contributed by atoms with E-state index in [2.05, 4.69) is 10.1 Å². The molecule has 100 valence electrons. The summed E-state index contributed by atoms with van der Waals surface area (Å²) in [6.45, 7) is 2.50. The third-order valence-corrected chi connectivity index (χ3v) is 2.70. The molecule has 18 heavy (non-hydrogen) atoms. The van der Waals surface area contributed by atoms with Gasteiger partial charge in [0.2, 0.25) is 0 Å². The number of nitrogens with one attached hydrogen (secondary N) is 1. The Morgan fingerprint density at radius 2 is 1.83 bits per heavy atom. The number of halogens is 1. The van der Waals surface area contributed by atoms with E-state index in [9.17, 15) is 9.18 Å². The molecular formula is C14H20FNO2. The van der Waals surface area contributed by atoms with E-state index >= 15 is 0 Å². The smallest absolute Gasteiger partial charge is 0.309 e. The van der Waals surface area contributed by atoms with Crippen LogP contribution in [0, 0.1) is 5.82 Å². The molecule has 0 aliphatic carbocycles. The van der Waals surface area contributed by atoms with Crippen molar-refractivity contribution in [2.45, 2.75) is 25.7 Å². The topological polar surface area (TPSA) is 38.3 Å². The minimum atomic E-state index is -0.318. The van der Waals surface area contributed by atoms with Gasteiger partial charge in [-0.15, -0.1) is 0 Å². The van der Waals surface area contributed by atoms with Crippen molar-refractivity contribution >= 4 is 5.97 Å². The molecule has 1 heterocycles. The fourth-order valence-corrected chi connectivity index (χ4v) is 1.64. The highest BCUT2D eigenvalue weighted by atomic mass is 19.1. The quantitative estimate of drug-likeness (QED) is 0.822. The second kappa shape index (κ2) is 8.64. The number of hydrogen-bond donors (Lipinski definition) is 1. The van der Waals surface area contributed by atoms with E-state index in [1.54, 1.807) is 12.1 Å². The van der Waals surface area contributed by atoms with Crippen molar-refractivity contribution in [1.29, 1.82) is 0 Å². The van der Waals surface area contributed by atoms with Crippen LogP contribution in [-0.4, -0.2) is 26.2 Å². The summed E-state index contributed by atoms with van der Waals surface area (Å²) in [4.78, 5) is 10.8. The summed E-state index contributed by atoms with van der Waals surface area (Å²) < 4.78 is 16.8. The zero-order valence-corrected chi connectivity index (χ0v) is 10.7. The van der Waals surface area contributed by atoms with Gasteiger partial charge >= 0.3 is 5.97 Å². The van der Waals surface area contributed by atoms with Gasteiger partial charge in [-0.1, -0.05) is 18.6 Å². The Morgan fingerprint density at radius 3 is 2.22 bits per heavy atom. The van der Waals surface area contributed by atoms with Crippen LogP contribution < -0.4 is 5.32 Å². The Morgan fingerprint density at radius 1 is 1.22 bits per heavy atom. The number of piperidine rings is 1. The van der Waals surface area contributed by atoms with Crippen LogP contribution in [0.25, 0.3) is 0 Å². The van der Waals surface area contributed by atoms with Crippen molar-refractivity contribution in [3.63, 3.8) is 0 Å². The van der Waals surface area contributed by atoms with Crippen LogP contribution in [-0.2, 0) is 16.0 Å². The first-order valence-corrected chi connectivity index (χ1v) is 6.24. The molecular weight excluding hydrogens is 233 g/mol. The van der Waals surface area contributed by atoms with Gasteiger partial charge in [-0.05, 0) is 43.6 Å². The number of carbonyl (C=O) groups excluding carboxylic acids is 1. The Kier molecular flexibility index (Phi) is 7.03. The highest BCUT2D eigenvalue weighted by Gasteiger charge is 2.01. The van der Waals surface area contributed by atoms with Crippen molar-refractivity contribution < 1.29 is 13.9 Å². The lowest BCUT2D eigenvalue weighted by molar-refractivity contribution is -0.139. The Bertz CT molecular complexity index is 336. The lowest BCUT2D eigenvalue weighted by Gasteiger charge is -2.08. The van der Waals surface area contributed by atoms with Crippen LogP contribution in [0.2, 0.25) is 0 Å². The maximum atomic E-state index is 12.4. The fourth-order valence-electron chi connectivity index (χ4n) is 1.64. The molecule has 1 aliphatic heterocycles. The largest absolute Gasteiger partial charge is 0.469 e. The predicted octanol–water partition coefficient (Wildman–Crippen LogP) is 2.30. The number of hydrogen-bond acceptors (Lipinski definition) is 3. The molecule has 1 aromatic carbocycles. The first-order chi connectivity index (χ1) is 8.72. The highest BCUT2D eigenvalue weighted by Crippen LogP contribution is 2.03. The average Bonchev–Trinajstić information content (AvgIpc) is 2.44. The fraction of sp³-hybridized carbons (Fsp3) is 0.500. The molecule has 1 fully saturated rings. The lowest BCUT2D eigenvalue weighted by Crippen LogP contribution is -2.21. The van der Waals surface area contributed by atoms with Crippen molar-refractivity contribution in [1.82, 2.24) is 5.32 Å². The van der Waals surface area contributed by atoms with Gasteiger partial charge in [-0.2, -0.15) is 0 Å². The molecule has 0 unspecified atom stereocenters. The van der Waals surface area contributed by atoms with Crippen LogP contribution in [0.15, 0.2) is 24.3 Å². The minimum absolute atomic E-state index is 0.191. The zero-order valence-electron chi connectivity index (χ0n) is 10.7. The van der Waals surface area contributed by atoms with Gasteiger partial charge in [-0.25, -0.2) is 4.39 Å². The number of benzene rings is 1. The lowest BCUT2D eigenvalue weighted by atomic mass is 10.1. The van der Waals surface area contributed by atoms with E-state index in [-0.39, 0.29) is 18.2 Å². The SMILES string of the molecule is C1CCNCC1.COC(=O)Cc1ccc(F)cc1. The van der Waals surface area contributed by atoms with Crippen LogP contribution >= 0.6 is 0 Å². The van der Waals surface area contributed by atoms with E-state index in [4.69, 9.17) is 0 Å². The standard InChI is InChI=1S/C9H9FO2.C5H11N/c1-12-9(11)6-7-2-4-8(10)5-3-7;1-2-4-6-5-3-1/h2-5H,6H2,1H3;6H,1-5H2. The van der Waals surface area contributed by atoms with Gasteiger partial charge in [0.25, 0.3) is 0 Å². The molecule has 0 saturated carbocycles. The maximum Gasteiger partial charge on any atom is 0.309 e. The highest BCUT2D eigenvalue weighted by molar-refractivity contribution is 5.72. The van der Waals surface area contributed by atoms with E-state index in [1.807, 2.05) is 0 Å². The molecule has 1 saturated heterocycles. The van der Waals surface area contributed by atoms with Crippen LogP contribution in [0.4, 0.5) is 4.39 Å². The van der Waals surface area contributed by atoms with Crippen molar-refractivity contribution in [2.24, 2.45) is 0 Å². The molecule has 0 atom stereocenters. The van der Waals surface area contributed by atoms with E-state index in [1.165, 1.54) is 51.6 Å². The summed E-state index contributed by atoms with van der Waals surface area (Å²) >= 11 is 0. The van der Waals surface area contributed by atoms with Gasteiger partial charge in [-0.3, -0.25) is 4.79 Å². The Labute approximate surface area is 107 Å². The number of methoxy groups -OCH3 is 1. The summed E-state index contributed by atoms with van der Waals surface area (Å²) in [6.07, 6.45) is 4.41. The Hall–Kier alpha value is -1.42. The number of rotatable bonds is 2. The molecule has 0 radical (unpaired) electrons. The normalized spacial score (nSPS) is 14.3. The zero-order chi connectivity index (χ0) is 13.2. The number of carbonyl (C=O) groups is 1. The second-order valence-corrected chi connectivity index (χ2v) is 4.19. The summed E-state index contributed by atoms with van der Waals surface area (Å²) in [5, 5.41) is 3.28.